The lowest BCUT2D eigenvalue weighted by atomic mass is 9.74. The van der Waals surface area contributed by atoms with Crippen LogP contribution in [0.1, 0.15) is 49.9 Å². The first-order valence-corrected chi connectivity index (χ1v) is 8.90. The SMILES string of the molecule is CCOC(=O)[C@]1(C)CC[C@@H](Oc2ccc(C(=O)NCCN)cc2)CC1. The molecule has 6 nitrogen and oxygen atoms in total. The van der Waals surface area contributed by atoms with Crippen LogP contribution in [-0.4, -0.2) is 37.7 Å². The summed E-state index contributed by atoms with van der Waals surface area (Å²) < 4.78 is 11.2. The van der Waals surface area contributed by atoms with E-state index in [9.17, 15) is 9.59 Å². The summed E-state index contributed by atoms with van der Waals surface area (Å²) in [6.45, 7) is 5.09. The monoisotopic (exact) mass is 348 g/mol. The Morgan fingerprint density at radius 1 is 1.24 bits per heavy atom. The third-order valence-electron chi connectivity index (χ3n) is 4.65. The van der Waals surface area contributed by atoms with Crippen molar-refractivity contribution in [3.8, 4) is 5.75 Å². The zero-order valence-electron chi connectivity index (χ0n) is 15.0. The number of esters is 1. The van der Waals surface area contributed by atoms with Gasteiger partial charge in [-0.25, -0.2) is 0 Å². The molecule has 138 valence electrons. The molecule has 0 radical (unpaired) electrons. The van der Waals surface area contributed by atoms with Crippen LogP contribution in [0.25, 0.3) is 0 Å². The van der Waals surface area contributed by atoms with Gasteiger partial charge >= 0.3 is 5.97 Å². The van der Waals surface area contributed by atoms with Crippen LogP contribution in [0, 0.1) is 5.41 Å². The van der Waals surface area contributed by atoms with Crippen molar-refractivity contribution in [2.24, 2.45) is 11.1 Å². The average Bonchev–Trinajstić information content (AvgIpc) is 2.62. The van der Waals surface area contributed by atoms with Gasteiger partial charge in [-0.05, 0) is 63.8 Å². The molecule has 1 saturated carbocycles. The molecule has 3 N–H and O–H groups in total. The molecule has 1 aromatic rings. The van der Waals surface area contributed by atoms with Crippen LogP contribution in [-0.2, 0) is 9.53 Å². The Morgan fingerprint density at radius 3 is 2.44 bits per heavy atom. The molecule has 0 spiro atoms. The van der Waals surface area contributed by atoms with Crippen molar-refractivity contribution < 1.29 is 19.1 Å². The first kappa shape index (κ1) is 19.2. The van der Waals surface area contributed by atoms with Gasteiger partial charge in [0.25, 0.3) is 5.91 Å². The first-order valence-electron chi connectivity index (χ1n) is 8.90. The van der Waals surface area contributed by atoms with Crippen LogP contribution in [0.4, 0.5) is 0 Å². The number of benzene rings is 1. The topological polar surface area (TPSA) is 90.6 Å². The van der Waals surface area contributed by atoms with Gasteiger partial charge < -0.3 is 20.5 Å². The normalized spacial score (nSPS) is 22.9. The molecule has 0 unspecified atom stereocenters. The summed E-state index contributed by atoms with van der Waals surface area (Å²) in [6.07, 6.45) is 3.23. The molecule has 2 rings (SSSR count). The summed E-state index contributed by atoms with van der Waals surface area (Å²) in [7, 11) is 0. The molecule has 1 aliphatic rings. The van der Waals surface area contributed by atoms with Crippen LogP contribution in [0.3, 0.4) is 0 Å². The summed E-state index contributed by atoms with van der Waals surface area (Å²) in [6, 6.07) is 7.09. The van der Waals surface area contributed by atoms with E-state index < -0.39 is 5.41 Å². The lowest BCUT2D eigenvalue weighted by Crippen LogP contribution is -2.37. The van der Waals surface area contributed by atoms with Crippen molar-refractivity contribution >= 4 is 11.9 Å². The summed E-state index contributed by atoms with van der Waals surface area (Å²) >= 11 is 0. The number of carbonyl (C=O) groups excluding carboxylic acids is 2. The summed E-state index contributed by atoms with van der Waals surface area (Å²) in [5.74, 6) is 0.487. The smallest absolute Gasteiger partial charge is 0.311 e. The Balaban J connectivity index is 1.85. The van der Waals surface area contributed by atoms with Crippen molar-refractivity contribution in [2.45, 2.75) is 45.6 Å². The van der Waals surface area contributed by atoms with Gasteiger partial charge in [0.2, 0.25) is 0 Å². The fourth-order valence-electron chi connectivity index (χ4n) is 3.02. The number of nitrogens with two attached hydrogens (primary N) is 1. The summed E-state index contributed by atoms with van der Waals surface area (Å²) in [5.41, 5.74) is 5.55. The van der Waals surface area contributed by atoms with E-state index >= 15 is 0 Å². The first-order chi connectivity index (χ1) is 12.0. The van der Waals surface area contributed by atoms with Crippen molar-refractivity contribution in [3.05, 3.63) is 29.8 Å². The van der Waals surface area contributed by atoms with E-state index in [0.29, 0.717) is 25.3 Å². The third-order valence-corrected chi connectivity index (χ3v) is 4.65. The number of hydrogen-bond acceptors (Lipinski definition) is 5. The van der Waals surface area contributed by atoms with Gasteiger partial charge in [-0.3, -0.25) is 9.59 Å². The minimum Gasteiger partial charge on any atom is -0.490 e. The van der Waals surface area contributed by atoms with E-state index in [1.807, 2.05) is 13.8 Å². The zero-order chi connectivity index (χ0) is 18.3. The maximum Gasteiger partial charge on any atom is 0.311 e. The van der Waals surface area contributed by atoms with Crippen molar-refractivity contribution in [2.75, 3.05) is 19.7 Å². The number of rotatable bonds is 7. The van der Waals surface area contributed by atoms with Gasteiger partial charge in [0, 0.05) is 18.7 Å². The van der Waals surface area contributed by atoms with Crippen LogP contribution < -0.4 is 15.8 Å². The molecule has 0 saturated heterocycles. The molecule has 0 aliphatic heterocycles. The Kier molecular flexibility index (Phi) is 6.82. The van der Waals surface area contributed by atoms with Crippen molar-refractivity contribution in [1.82, 2.24) is 5.32 Å². The van der Waals surface area contributed by atoms with Crippen LogP contribution >= 0.6 is 0 Å². The number of amides is 1. The quantitative estimate of drug-likeness (QED) is 0.738. The van der Waals surface area contributed by atoms with Crippen molar-refractivity contribution in [1.29, 1.82) is 0 Å². The highest BCUT2D eigenvalue weighted by Gasteiger charge is 2.39. The van der Waals surface area contributed by atoms with Gasteiger partial charge in [0.05, 0.1) is 18.1 Å². The molecule has 1 aromatic carbocycles. The highest BCUT2D eigenvalue weighted by molar-refractivity contribution is 5.94. The summed E-state index contributed by atoms with van der Waals surface area (Å²) in [5, 5.41) is 2.73. The van der Waals surface area contributed by atoms with E-state index in [2.05, 4.69) is 5.32 Å². The molecule has 1 amide bonds. The lowest BCUT2D eigenvalue weighted by Gasteiger charge is -2.35. The molecule has 0 heterocycles. The second-order valence-corrected chi connectivity index (χ2v) is 6.67. The van der Waals surface area contributed by atoms with Crippen LogP contribution in [0.2, 0.25) is 0 Å². The van der Waals surface area contributed by atoms with E-state index in [0.717, 1.165) is 31.4 Å². The average molecular weight is 348 g/mol. The van der Waals surface area contributed by atoms with Crippen LogP contribution in [0.15, 0.2) is 24.3 Å². The minimum absolute atomic E-state index is 0.0828. The van der Waals surface area contributed by atoms with Gasteiger partial charge in [-0.2, -0.15) is 0 Å². The highest BCUT2D eigenvalue weighted by Crippen LogP contribution is 2.38. The Hall–Kier alpha value is -2.08. The van der Waals surface area contributed by atoms with E-state index in [1.54, 1.807) is 24.3 Å². The molecule has 0 aromatic heterocycles. The molecule has 6 heteroatoms. The zero-order valence-corrected chi connectivity index (χ0v) is 15.0. The lowest BCUT2D eigenvalue weighted by molar-refractivity contribution is -0.157. The predicted molar refractivity (Wildman–Crippen MR) is 95.5 cm³/mol. The molecule has 0 atom stereocenters. The Labute approximate surface area is 149 Å². The second-order valence-electron chi connectivity index (χ2n) is 6.67. The fourth-order valence-corrected chi connectivity index (χ4v) is 3.02. The van der Waals surface area contributed by atoms with Gasteiger partial charge in [-0.1, -0.05) is 0 Å². The highest BCUT2D eigenvalue weighted by atomic mass is 16.5. The van der Waals surface area contributed by atoms with E-state index in [-0.39, 0.29) is 18.0 Å². The molecule has 1 aliphatic carbocycles. The molecule has 25 heavy (non-hydrogen) atoms. The number of hydrogen-bond donors (Lipinski definition) is 2. The van der Waals surface area contributed by atoms with Gasteiger partial charge in [-0.15, -0.1) is 0 Å². The maximum absolute atomic E-state index is 12.1. The van der Waals surface area contributed by atoms with E-state index in [4.69, 9.17) is 15.2 Å². The number of nitrogens with one attached hydrogen (secondary N) is 1. The summed E-state index contributed by atoms with van der Waals surface area (Å²) in [4.78, 5) is 23.9. The van der Waals surface area contributed by atoms with Gasteiger partial charge in [0.15, 0.2) is 0 Å². The number of ether oxygens (including phenoxy) is 2. The standard InChI is InChI=1S/C19H28N2O4/c1-3-24-18(23)19(2)10-8-16(9-11-19)25-15-6-4-14(5-7-15)17(22)21-13-12-20/h4-7,16H,3,8-13,20H2,1-2H3,(H,21,22)/t16-,19-. The molecule has 1 fully saturated rings. The Bertz CT molecular complexity index is 578. The predicted octanol–water partition coefficient (Wildman–Crippen LogP) is 2.27. The fraction of sp³-hybridized carbons (Fsp3) is 0.579. The molecular formula is C19H28N2O4. The van der Waals surface area contributed by atoms with Gasteiger partial charge in [0.1, 0.15) is 5.75 Å². The van der Waals surface area contributed by atoms with Crippen molar-refractivity contribution in [3.63, 3.8) is 0 Å². The second kappa shape index (κ2) is 8.85. The Morgan fingerprint density at radius 2 is 1.88 bits per heavy atom. The largest absolute Gasteiger partial charge is 0.490 e. The van der Waals surface area contributed by atoms with E-state index in [1.165, 1.54) is 0 Å². The third kappa shape index (κ3) is 5.19. The molecular weight excluding hydrogens is 320 g/mol. The van der Waals surface area contributed by atoms with Crippen LogP contribution in [0.5, 0.6) is 5.75 Å². The minimum atomic E-state index is -0.402. The maximum atomic E-state index is 12.1. The molecule has 0 bridgehead atoms. The number of carbonyl (C=O) groups is 2.